The first-order chi connectivity index (χ1) is 6.54. The van der Waals surface area contributed by atoms with E-state index < -0.39 is 0 Å². The van der Waals surface area contributed by atoms with Gasteiger partial charge in [0, 0.05) is 5.92 Å². The Hall–Kier alpha value is -0.820. The van der Waals surface area contributed by atoms with Gasteiger partial charge in [-0.1, -0.05) is 45.0 Å². The summed E-state index contributed by atoms with van der Waals surface area (Å²) >= 11 is 0. The van der Waals surface area contributed by atoms with Crippen LogP contribution in [0.4, 0.5) is 0 Å². The standard InChI is InChI=1S/C13H20O/c1-9(2)13(14)11(4)12-8-6-5-7-10(12)3/h5-9,11,13-14H,1-4H3/t11-,13-/m1/s1. The minimum absolute atomic E-state index is 0.219. The summed E-state index contributed by atoms with van der Waals surface area (Å²) in [4.78, 5) is 0. The lowest BCUT2D eigenvalue weighted by molar-refractivity contribution is 0.102. The molecule has 0 bridgehead atoms. The zero-order valence-corrected chi connectivity index (χ0v) is 9.49. The first-order valence-corrected chi connectivity index (χ1v) is 5.27. The molecule has 1 N–H and O–H groups in total. The van der Waals surface area contributed by atoms with E-state index in [2.05, 4.69) is 39.8 Å². The Morgan fingerprint density at radius 1 is 1.07 bits per heavy atom. The van der Waals surface area contributed by atoms with Crippen LogP contribution in [0.5, 0.6) is 0 Å². The van der Waals surface area contributed by atoms with Gasteiger partial charge >= 0.3 is 0 Å². The molecule has 1 rings (SSSR count). The third-order valence-corrected chi connectivity index (χ3v) is 2.87. The van der Waals surface area contributed by atoms with E-state index in [1.165, 1.54) is 11.1 Å². The lowest BCUT2D eigenvalue weighted by atomic mass is 9.87. The number of aliphatic hydroxyl groups excluding tert-OH is 1. The minimum atomic E-state index is -0.254. The Bertz CT molecular complexity index is 291. The van der Waals surface area contributed by atoms with Crippen LogP contribution in [0.2, 0.25) is 0 Å². The smallest absolute Gasteiger partial charge is 0.0629 e. The highest BCUT2D eigenvalue weighted by molar-refractivity contribution is 5.29. The molecule has 1 heteroatoms. The van der Waals surface area contributed by atoms with E-state index >= 15 is 0 Å². The number of benzene rings is 1. The van der Waals surface area contributed by atoms with Crippen LogP contribution < -0.4 is 0 Å². The molecule has 0 radical (unpaired) electrons. The maximum atomic E-state index is 9.97. The maximum absolute atomic E-state index is 9.97. The monoisotopic (exact) mass is 192 g/mol. The molecular formula is C13H20O. The molecule has 0 aliphatic carbocycles. The number of rotatable bonds is 3. The lowest BCUT2D eigenvalue weighted by Gasteiger charge is -2.23. The van der Waals surface area contributed by atoms with Crippen molar-refractivity contribution in [3.8, 4) is 0 Å². The van der Waals surface area contributed by atoms with Crippen molar-refractivity contribution in [1.82, 2.24) is 0 Å². The molecule has 0 saturated heterocycles. The third-order valence-electron chi connectivity index (χ3n) is 2.87. The van der Waals surface area contributed by atoms with Crippen molar-refractivity contribution >= 4 is 0 Å². The van der Waals surface area contributed by atoms with E-state index in [1.54, 1.807) is 0 Å². The Kier molecular flexibility index (Phi) is 3.70. The highest BCUT2D eigenvalue weighted by atomic mass is 16.3. The molecule has 0 fully saturated rings. The van der Waals surface area contributed by atoms with Crippen LogP contribution in [-0.2, 0) is 0 Å². The van der Waals surface area contributed by atoms with Gasteiger partial charge in [-0.15, -0.1) is 0 Å². The molecule has 0 aromatic heterocycles. The largest absolute Gasteiger partial charge is 0.392 e. The average Bonchev–Trinajstić information content (AvgIpc) is 2.16. The zero-order valence-electron chi connectivity index (χ0n) is 9.49. The normalized spacial score (nSPS) is 15.6. The summed E-state index contributed by atoms with van der Waals surface area (Å²) in [6, 6.07) is 8.27. The number of aliphatic hydroxyl groups is 1. The van der Waals surface area contributed by atoms with Gasteiger partial charge in [0.1, 0.15) is 0 Å². The first-order valence-electron chi connectivity index (χ1n) is 5.27. The second-order valence-corrected chi connectivity index (χ2v) is 4.38. The molecule has 0 saturated carbocycles. The lowest BCUT2D eigenvalue weighted by Crippen LogP contribution is -2.22. The maximum Gasteiger partial charge on any atom is 0.0629 e. The molecule has 2 atom stereocenters. The fraction of sp³-hybridized carbons (Fsp3) is 0.538. The zero-order chi connectivity index (χ0) is 10.7. The summed E-state index contributed by atoms with van der Waals surface area (Å²) in [5.41, 5.74) is 2.52. The Morgan fingerprint density at radius 3 is 2.14 bits per heavy atom. The molecule has 1 aromatic rings. The highest BCUT2D eigenvalue weighted by Crippen LogP contribution is 2.25. The van der Waals surface area contributed by atoms with Crippen LogP contribution in [0.15, 0.2) is 24.3 Å². The number of hydrogen-bond acceptors (Lipinski definition) is 1. The van der Waals surface area contributed by atoms with Gasteiger partial charge < -0.3 is 5.11 Å². The summed E-state index contributed by atoms with van der Waals surface area (Å²) in [5, 5.41) is 9.97. The van der Waals surface area contributed by atoms with Crippen LogP contribution in [-0.4, -0.2) is 11.2 Å². The van der Waals surface area contributed by atoms with Crippen LogP contribution >= 0.6 is 0 Å². The van der Waals surface area contributed by atoms with Gasteiger partial charge in [0.25, 0.3) is 0 Å². The molecule has 14 heavy (non-hydrogen) atoms. The van der Waals surface area contributed by atoms with Crippen LogP contribution in [0.3, 0.4) is 0 Å². The van der Waals surface area contributed by atoms with Crippen LogP contribution in [0, 0.1) is 12.8 Å². The summed E-state index contributed by atoms with van der Waals surface area (Å²) in [7, 11) is 0. The van der Waals surface area contributed by atoms with Crippen molar-refractivity contribution in [3.63, 3.8) is 0 Å². The summed E-state index contributed by atoms with van der Waals surface area (Å²) in [6.45, 7) is 8.30. The minimum Gasteiger partial charge on any atom is -0.392 e. The molecule has 0 spiro atoms. The van der Waals surface area contributed by atoms with Gasteiger partial charge in [0.05, 0.1) is 6.10 Å². The van der Waals surface area contributed by atoms with Crippen molar-refractivity contribution in [2.24, 2.45) is 5.92 Å². The van der Waals surface area contributed by atoms with E-state index in [-0.39, 0.29) is 12.0 Å². The Morgan fingerprint density at radius 2 is 1.64 bits per heavy atom. The molecule has 0 unspecified atom stereocenters. The van der Waals surface area contributed by atoms with Gasteiger partial charge in [-0.05, 0) is 24.0 Å². The van der Waals surface area contributed by atoms with Gasteiger partial charge in [-0.25, -0.2) is 0 Å². The molecule has 0 heterocycles. The van der Waals surface area contributed by atoms with Gasteiger partial charge in [0.15, 0.2) is 0 Å². The Labute approximate surface area is 86.8 Å². The molecule has 0 aliphatic rings. The average molecular weight is 192 g/mol. The summed E-state index contributed by atoms with van der Waals surface area (Å²) in [5.74, 6) is 0.529. The first kappa shape index (κ1) is 11.3. The van der Waals surface area contributed by atoms with E-state index in [9.17, 15) is 5.11 Å². The number of aryl methyl sites for hydroxylation is 1. The predicted molar refractivity (Wildman–Crippen MR) is 60.4 cm³/mol. The van der Waals surface area contributed by atoms with Crippen molar-refractivity contribution in [3.05, 3.63) is 35.4 Å². The van der Waals surface area contributed by atoms with E-state index in [4.69, 9.17) is 0 Å². The molecule has 1 aromatic carbocycles. The van der Waals surface area contributed by atoms with Gasteiger partial charge in [-0.3, -0.25) is 0 Å². The molecule has 1 nitrogen and oxygen atoms in total. The van der Waals surface area contributed by atoms with Crippen LogP contribution in [0.1, 0.15) is 37.8 Å². The fourth-order valence-electron chi connectivity index (χ4n) is 1.86. The number of hydrogen-bond donors (Lipinski definition) is 1. The molecule has 0 amide bonds. The quantitative estimate of drug-likeness (QED) is 0.780. The fourth-order valence-corrected chi connectivity index (χ4v) is 1.86. The summed E-state index contributed by atoms with van der Waals surface area (Å²) in [6.07, 6.45) is -0.254. The third kappa shape index (κ3) is 2.36. The van der Waals surface area contributed by atoms with Crippen LogP contribution in [0.25, 0.3) is 0 Å². The van der Waals surface area contributed by atoms with E-state index in [0.717, 1.165) is 0 Å². The van der Waals surface area contributed by atoms with Crippen molar-refractivity contribution in [2.75, 3.05) is 0 Å². The van der Waals surface area contributed by atoms with Crippen molar-refractivity contribution in [1.29, 1.82) is 0 Å². The molecule has 78 valence electrons. The topological polar surface area (TPSA) is 20.2 Å². The van der Waals surface area contributed by atoms with E-state index in [0.29, 0.717) is 5.92 Å². The van der Waals surface area contributed by atoms with Crippen molar-refractivity contribution in [2.45, 2.75) is 39.7 Å². The van der Waals surface area contributed by atoms with Gasteiger partial charge in [-0.2, -0.15) is 0 Å². The molecular weight excluding hydrogens is 172 g/mol. The SMILES string of the molecule is Cc1ccccc1[C@@H](C)[C@H](O)C(C)C. The second-order valence-electron chi connectivity index (χ2n) is 4.38. The Balaban J connectivity index is 2.89. The summed E-state index contributed by atoms with van der Waals surface area (Å²) < 4.78 is 0. The van der Waals surface area contributed by atoms with E-state index in [1.807, 2.05) is 12.1 Å². The van der Waals surface area contributed by atoms with Gasteiger partial charge in [0.2, 0.25) is 0 Å². The predicted octanol–water partition coefficient (Wildman–Crippen LogP) is 3.12. The van der Waals surface area contributed by atoms with Crippen molar-refractivity contribution < 1.29 is 5.11 Å². The highest BCUT2D eigenvalue weighted by Gasteiger charge is 2.20. The second kappa shape index (κ2) is 4.61. The molecule has 0 aliphatic heterocycles.